The molecule has 6 nitrogen and oxygen atoms in total. The second kappa shape index (κ2) is 8.83. The van der Waals surface area contributed by atoms with Gasteiger partial charge in [0.15, 0.2) is 15.0 Å². The number of aryl methyl sites for hydroxylation is 2. The fourth-order valence-electron chi connectivity index (χ4n) is 3.21. The van der Waals surface area contributed by atoms with E-state index in [1.54, 1.807) is 17.0 Å². The molecule has 0 atom stereocenters. The van der Waals surface area contributed by atoms with Gasteiger partial charge < -0.3 is 4.90 Å². The Labute approximate surface area is 182 Å². The molecule has 2 aromatic carbocycles. The first-order valence-electron chi connectivity index (χ1n) is 9.71. The molecule has 30 heavy (non-hydrogen) atoms. The number of fused-ring (bicyclic) bond motifs is 1. The summed E-state index contributed by atoms with van der Waals surface area (Å²) < 4.78 is 25.0. The molecule has 0 unspecified atom stereocenters. The summed E-state index contributed by atoms with van der Waals surface area (Å²) in [5, 5.41) is 0.635. The van der Waals surface area contributed by atoms with Crippen LogP contribution in [0.2, 0.25) is 0 Å². The number of amides is 1. The van der Waals surface area contributed by atoms with Crippen LogP contribution in [0, 0.1) is 13.8 Å². The fourth-order valence-corrected chi connectivity index (χ4v) is 5.01. The van der Waals surface area contributed by atoms with Crippen LogP contribution in [0.15, 0.2) is 41.3 Å². The van der Waals surface area contributed by atoms with Crippen LogP contribution in [-0.2, 0) is 9.84 Å². The van der Waals surface area contributed by atoms with Gasteiger partial charge in [-0.2, -0.15) is 0 Å². The van der Waals surface area contributed by atoms with Gasteiger partial charge in [-0.15, -0.1) is 0 Å². The third-order valence-corrected chi connectivity index (χ3v) is 7.23. The number of rotatable bonds is 7. The lowest BCUT2D eigenvalue weighted by atomic mass is 10.1. The first-order chi connectivity index (χ1) is 14.1. The van der Waals surface area contributed by atoms with Crippen molar-refractivity contribution in [2.45, 2.75) is 25.2 Å². The Balaban J connectivity index is 2.04. The molecule has 160 valence electrons. The number of thiazole rings is 1. The van der Waals surface area contributed by atoms with E-state index in [0.29, 0.717) is 17.2 Å². The van der Waals surface area contributed by atoms with Gasteiger partial charge in [0.1, 0.15) is 0 Å². The van der Waals surface area contributed by atoms with Crippen LogP contribution in [0.4, 0.5) is 5.13 Å². The standard InChI is InChI=1S/C22H27N3O3S2/c1-15-10-11-16(2)20-19(15)23-22(29-20)25(13-7-12-24(3)4)21(26)17-8-6-9-18(14-17)30(5,27)28/h6,8-11,14H,7,12-13H2,1-5H3. The van der Waals surface area contributed by atoms with Gasteiger partial charge in [-0.3, -0.25) is 9.69 Å². The maximum absolute atomic E-state index is 13.4. The topological polar surface area (TPSA) is 70.6 Å². The van der Waals surface area contributed by atoms with E-state index in [0.717, 1.165) is 40.6 Å². The number of carbonyl (C=O) groups is 1. The lowest BCUT2D eigenvalue weighted by Gasteiger charge is -2.21. The number of hydrogen-bond acceptors (Lipinski definition) is 6. The number of carbonyl (C=O) groups excluding carboxylic acids is 1. The Bertz CT molecular complexity index is 1140. The summed E-state index contributed by atoms with van der Waals surface area (Å²) in [7, 11) is 0.585. The van der Waals surface area contributed by atoms with Crippen molar-refractivity contribution in [2.24, 2.45) is 0 Å². The van der Waals surface area contributed by atoms with Crippen LogP contribution in [0.3, 0.4) is 0 Å². The molecule has 0 aliphatic heterocycles. The maximum Gasteiger partial charge on any atom is 0.260 e. The van der Waals surface area contributed by atoms with Crippen molar-refractivity contribution in [3.8, 4) is 0 Å². The monoisotopic (exact) mass is 445 g/mol. The van der Waals surface area contributed by atoms with Gasteiger partial charge in [0.25, 0.3) is 5.91 Å². The van der Waals surface area contributed by atoms with Crippen molar-refractivity contribution >= 4 is 42.4 Å². The van der Waals surface area contributed by atoms with Crippen molar-refractivity contribution in [2.75, 3.05) is 38.3 Å². The normalized spacial score (nSPS) is 11.9. The average molecular weight is 446 g/mol. The molecule has 0 saturated carbocycles. The van der Waals surface area contributed by atoms with Crippen LogP contribution in [0.1, 0.15) is 27.9 Å². The minimum absolute atomic E-state index is 0.137. The molecule has 1 heterocycles. The zero-order valence-electron chi connectivity index (χ0n) is 18.0. The van der Waals surface area contributed by atoms with Crippen LogP contribution in [-0.4, -0.2) is 57.6 Å². The molecular formula is C22H27N3O3S2. The summed E-state index contributed by atoms with van der Waals surface area (Å²) in [6.45, 7) is 5.38. The van der Waals surface area contributed by atoms with Gasteiger partial charge in [-0.25, -0.2) is 13.4 Å². The number of benzene rings is 2. The van der Waals surface area contributed by atoms with Gasteiger partial charge in [0.2, 0.25) is 0 Å². The largest absolute Gasteiger partial charge is 0.309 e. The zero-order chi connectivity index (χ0) is 22.1. The smallest absolute Gasteiger partial charge is 0.260 e. The van der Waals surface area contributed by atoms with Crippen molar-refractivity contribution in [3.63, 3.8) is 0 Å². The molecule has 0 aliphatic rings. The molecule has 3 rings (SSSR count). The number of aromatic nitrogens is 1. The first-order valence-corrected chi connectivity index (χ1v) is 12.4. The van der Waals surface area contributed by atoms with E-state index in [1.165, 1.54) is 23.5 Å². The van der Waals surface area contributed by atoms with Gasteiger partial charge in [0.05, 0.1) is 15.1 Å². The van der Waals surface area contributed by atoms with Crippen LogP contribution >= 0.6 is 11.3 Å². The number of anilines is 1. The van der Waals surface area contributed by atoms with Crippen LogP contribution in [0.5, 0.6) is 0 Å². The molecule has 1 amide bonds. The quantitative estimate of drug-likeness (QED) is 0.551. The fraction of sp³-hybridized carbons (Fsp3) is 0.364. The summed E-state index contributed by atoms with van der Waals surface area (Å²) in [5.74, 6) is -0.242. The van der Waals surface area contributed by atoms with Gasteiger partial charge >= 0.3 is 0 Å². The molecule has 0 spiro atoms. The minimum Gasteiger partial charge on any atom is -0.309 e. The minimum atomic E-state index is -3.40. The highest BCUT2D eigenvalue weighted by Crippen LogP contribution is 2.34. The number of sulfone groups is 1. The van der Waals surface area contributed by atoms with Crippen molar-refractivity contribution in [1.82, 2.24) is 9.88 Å². The second-order valence-corrected chi connectivity index (χ2v) is 10.8. The first kappa shape index (κ1) is 22.4. The molecule has 3 aromatic rings. The highest BCUT2D eigenvalue weighted by molar-refractivity contribution is 7.90. The molecule has 0 fully saturated rings. The van der Waals surface area contributed by atoms with E-state index in [2.05, 4.69) is 11.0 Å². The van der Waals surface area contributed by atoms with Gasteiger partial charge in [-0.05, 0) is 70.2 Å². The Morgan fingerprint density at radius 3 is 2.40 bits per heavy atom. The predicted molar refractivity (Wildman–Crippen MR) is 123 cm³/mol. The van der Waals surface area contributed by atoms with E-state index < -0.39 is 9.84 Å². The highest BCUT2D eigenvalue weighted by atomic mass is 32.2. The third-order valence-electron chi connectivity index (χ3n) is 4.90. The number of hydrogen-bond donors (Lipinski definition) is 0. The van der Waals surface area contributed by atoms with E-state index in [-0.39, 0.29) is 10.8 Å². The third kappa shape index (κ3) is 4.88. The van der Waals surface area contributed by atoms with E-state index in [1.807, 2.05) is 34.0 Å². The van der Waals surface area contributed by atoms with Crippen molar-refractivity contribution in [3.05, 3.63) is 53.1 Å². The molecule has 0 saturated heterocycles. The summed E-state index contributed by atoms with van der Waals surface area (Å²) in [6, 6.07) is 10.3. The van der Waals surface area contributed by atoms with Crippen LogP contribution < -0.4 is 4.90 Å². The number of nitrogens with zero attached hydrogens (tertiary/aromatic N) is 3. The summed E-state index contributed by atoms with van der Waals surface area (Å²) >= 11 is 1.50. The van der Waals surface area contributed by atoms with Crippen LogP contribution in [0.25, 0.3) is 10.2 Å². The summed E-state index contributed by atoms with van der Waals surface area (Å²) in [4.78, 5) is 22.1. The molecule has 8 heteroatoms. The predicted octanol–water partition coefficient (Wildman–Crippen LogP) is 3.92. The highest BCUT2D eigenvalue weighted by Gasteiger charge is 2.23. The Morgan fingerprint density at radius 2 is 1.77 bits per heavy atom. The van der Waals surface area contributed by atoms with Crippen molar-refractivity contribution in [1.29, 1.82) is 0 Å². The zero-order valence-corrected chi connectivity index (χ0v) is 19.6. The van der Waals surface area contributed by atoms with E-state index >= 15 is 0 Å². The molecular weight excluding hydrogens is 418 g/mol. The van der Waals surface area contributed by atoms with E-state index in [4.69, 9.17) is 4.98 Å². The van der Waals surface area contributed by atoms with Crippen molar-refractivity contribution < 1.29 is 13.2 Å². The molecule has 1 aromatic heterocycles. The molecule has 0 bridgehead atoms. The average Bonchev–Trinajstić information content (AvgIpc) is 3.13. The Hall–Kier alpha value is -2.29. The Kier molecular flexibility index (Phi) is 6.59. The molecule has 0 N–H and O–H groups in total. The van der Waals surface area contributed by atoms with Gasteiger partial charge in [-0.1, -0.05) is 29.5 Å². The lowest BCUT2D eigenvalue weighted by molar-refractivity contribution is 0.0986. The maximum atomic E-state index is 13.4. The summed E-state index contributed by atoms with van der Waals surface area (Å²) in [6.07, 6.45) is 1.92. The Morgan fingerprint density at radius 1 is 1.07 bits per heavy atom. The lowest BCUT2D eigenvalue weighted by Crippen LogP contribution is -2.33. The molecule has 0 radical (unpaired) electrons. The second-order valence-electron chi connectivity index (χ2n) is 7.79. The van der Waals surface area contributed by atoms with E-state index in [9.17, 15) is 13.2 Å². The molecule has 0 aliphatic carbocycles. The summed E-state index contributed by atoms with van der Waals surface area (Å²) in [5.41, 5.74) is 3.44. The SMILES string of the molecule is Cc1ccc(C)c2sc(N(CCCN(C)C)C(=O)c3cccc(S(C)(=O)=O)c3)nc12. The van der Waals surface area contributed by atoms with Gasteiger partial charge in [0, 0.05) is 18.4 Å².